The maximum absolute atomic E-state index is 12.5. The third kappa shape index (κ3) is 6.55. The van der Waals surface area contributed by atoms with E-state index in [2.05, 4.69) is 5.32 Å². The normalized spacial score (nSPS) is 11.4. The third-order valence-electron chi connectivity index (χ3n) is 4.94. The number of benzene rings is 3. The predicted molar refractivity (Wildman–Crippen MR) is 127 cm³/mol. The summed E-state index contributed by atoms with van der Waals surface area (Å²) in [6.45, 7) is 0.876. The molecule has 1 amide bonds. The largest absolute Gasteiger partial charge is 0.489 e. The summed E-state index contributed by atoms with van der Waals surface area (Å²) in [5.74, 6) is 0.369. The highest BCUT2D eigenvalue weighted by Crippen LogP contribution is 2.25. The van der Waals surface area contributed by atoms with Gasteiger partial charge in [0.1, 0.15) is 17.3 Å². The van der Waals surface area contributed by atoms with Crippen LogP contribution in [0.25, 0.3) is 0 Å². The molecule has 3 rings (SSSR count). The Bertz CT molecular complexity index is 1190. The number of carbonyl (C=O) groups excluding carboxylic acids is 1. The summed E-state index contributed by atoms with van der Waals surface area (Å²) in [5, 5.41) is 2.80. The lowest BCUT2D eigenvalue weighted by Gasteiger charge is -2.16. The van der Waals surface area contributed by atoms with Crippen molar-refractivity contribution in [3.8, 4) is 5.75 Å². The zero-order valence-corrected chi connectivity index (χ0v) is 19.9. The first-order chi connectivity index (χ1) is 15.8. The zero-order valence-electron chi connectivity index (χ0n) is 18.3. The monoisotopic (exact) mass is 488 g/mol. The first kappa shape index (κ1) is 24.7. The Morgan fingerprint density at radius 1 is 1.00 bits per heavy atom. The molecule has 0 saturated heterocycles. The highest BCUT2D eigenvalue weighted by molar-refractivity contribution is 7.89. The van der Waals surface area contributed by atoms with Crippen LogP contribution in [0.3, 0.4) is 0 Å². The van der Waals surface area contributed by atoms with Crippen LogP contribution in [0.15, 0.2) is 77.7 Å². The van der Waals surface area contributed by atoms with E-state index >= 15 is 0 Å². The van der Waals surface area contributed by atoms with E-state index in [9.17, 15) is 13.2 Å². The van der Waals surface area contributed by atoms with Gasteiger partial charge in [0.05, 0.1) is 12.1 Å². The highest BCUT2D eigenvalue weighted by Gasteiger charge is 2.25. The minimum atomic E-state index is -3.98. The fourth-order valence-corrected chi connectivity index (χ4v) is 4.47. The van der Waals surface area contributed by atoms with E-state index in [0.29, 0.717) is 24.0 Å². The van der Waals surface area contributed by atoms with Gasteiger partial charge in [0, 0.05) is 19.2 Å². The Hall–Kier alpha value is -2.91. The summed E-state index contributed by atoms with van der Waals surface area (Å²) < 4.78 is 31.4. The van der Waals surface area contributed by atoms with Crippen LogP contribution in [-0.2, 0) is 27.9 Å². The van der Waals surface area contributed by atoms with Crippen LogP contribution in [0.1, 0.15) is 21.5 Å². The molecule has 0 aliphatic heterocycles. The van der Waals surface area contributed by atoms with Gasteiger partial charge in [-0.3, -0.25) is 9.63 Å². The average molecular weight is 489 g/mol. The first-order valence-electron chi connectivity index (χ1n) is 10.2. The van der Waals surface area contributed by atoms with E-state index in [1.165, 1.54) is 32.4 Å². The van der Waals surface area contributed by atoms with Gasteiger partial charge < -0.3 is 10.1 Å². The van der Waals surface area contributed by atoms with Crippen LogP contribution in [0, 0.1) is 0 Å². The summed E-state index contributed by atoms with van der Waals surface area (Å²) >= 11 is 6.04. The molecule has 7 nitrogen and oxygen atoms in total. The molecule has 0 atom stereocenters. The third-order valence-corrected chi connectivity index (χ3v) is 7.10. The van der Waals surface area contributed by atoms with E-state index in [1.54, 1.807) is 0 Å². The molecule has 3 aromatic rings. The Labute approximate surface area is 198 Å². The number of carbonyl (C=O) groups is 1. The molecule has 0 aromatic heterocycles. The topological polar surface area (TPSA) is 84.9 Å². The second-order valence-corrected chi connectivity index (χ2v) is 9.48. The predicted octanol–water partition coefficient (Wildman–Crippen LogP) is 4.07. The van der Waals surface area contributed by atoms with Crippen molar-refractivity contribution in [2.24, 2.45) is 0 Å². The molecular weight excluding hydrogens is 464 g/mol. The van der Waals surface area contributed by atoms with Crippen molar-refractivity contribution in [3.63, 3.8) is 0 Å². The maximum atomic E-state index is 12.5. The quantitative estimate of drug-likeness (QED) is 0.435. The van der Waals surface area contributed by atoms with E-state index in [4.69, 9.17) is 21.2 Å². The molecule has 0 radical (unpaired) electrons. The molecule has 33 heavy (non-hydrogen) atoms. The molecule has 1 N–H and O–H groups in total. The molecule has 0 heterocycles. The molecule has 3 aromatic carbocycles. The number of nitrogens with one attached hydrogen (secondary N) is 1. The van der Waals surface area contributed by atoms with Gasteiger partial charge in [0.15, 0.2) is 0 Å². The van der Waals surface area contributed by atoms with Crippen LogP contribution in [0.2, 0.25) is 5.02 Å². The number of nitrogens with zero attached hydrogens (tertiary/aromatic N) is 1. The number of hydrogen-bond acceptors (Lipinski definition) is 5. The number of hydrogen-bond donors (Lipinski definition) is 1. The minimum absolute atomic E-state index is 0.00465. The number of ether oxygens (including phenoxy) is 1. The van der Waals surface area contributed by atoms with Crippen molar-refractivity contribution in [2.75, 3.05) is 20.7 Å². The Morgan fingerprint density at radius 3 is 2.36 bits per heavy atom. The number of hydroxylamine groups is 1. The lowest BCUT2D eigenvalue weighted by Crippen LogP contribution is -2.28. The standard InChI is InChI=1S/C24H25ClN2O5S/c1-27(31-2)33(29,30)23-16-20(10-13-22(23)25)24(28)26-15-14-18-8-11-21(12-9-18)32-17-19-6-4-3-5-7-19/h3-13,16H,14-15,17H2,1-2H3,(H,26,28). The summed E-state index contributed by atoms with van der Waals surface area (Å²) in [6, 6.07) is 21.7. The zero-order chi connectivity index (χ0) is 23.8. The van der Waals surface area contributed by atoms with Gasteiger partial charge in [0.25, 0.3) is 15.9 Å². The second-order valence-electron chi connectivity index (χ2n) is 7.17. The molecule has 0 fully saturated rings. The van der Waals surface area contributed by atoms with Crippen LogP contribution in [-0.4, -0.2) is 39.5 Å². The van der Waals surface area contributed by atoms with Gasteiger partial charge in [-0.2, -0.15) is 0 Å². The molecule has 0 spiro atoms. The second kappa shape index (κ2) is 11.3. The van der Waals surface area contributed by atoms with Gasteiger partial charge >= 0.3 is 0 Å². The van der Waals surface area contributed by atoms with Gasteiger partial charge in [-0.05, 0) is 47.9 Å². The molecular formula is C24H25ClN2O5S. The van der Waals surface area contributed by atoms with Gasteiger partial charge in [-0.15, -0.1) is 0 Å². The van der Waals surface area contributed by atoms with Crippen molar-refractivity contribution in [2.45, 2.75) is 17.9 Å². The van der Waals surface area contributed by atoms with Gasteiger partial charge in [0.2, 0.25) is 0 Å². The smallest absolute Gasteiger partial charge is 0.266 e. The van der Waals surface area contributed by atoms with E-state index in [0.717, 1.165) is 16.9 Å². The Morgan fingerprint density at radius 2 is 1.70 bits per heavy atom. The molecule has 0 unspecified atom stereocenters. The van der Waals surface area contributed by atoms with E-state index < -0.39 is 15.9 Å². The number of amides is 1. The van der Waals surface area contributed by atoms with Crippen LogP contribution in [0.5, 0.6) is 5.75 Å². The number of sulfonamides is 1. The SMILES string of the molecule is CON(C)S(=O)(=O)c1cc(C(=O)NCCc2ccc(OCc3ccccc3)cc2)ccc1Cl. The summed E-state index contributed by atoms with van der Waals surface area (Å²) in [7, 11) is -1.51. The summed E-state index contributed by atoms with van der Waals surface area (Å²) in [4.78, 5) is 17.1. The maximum Gasteiger partial charge on any atom is 0.266 e. The number of rotatable bonds is 10. The minimum Gasteiger partial charge on any atom is -0.489 e. The van der Waals surface area contributed by atoms with E-state index in [-0.39, 0.29) is 15.5 Å². The molecule has 174 valence electrons. The molecule has 0 aliphatic carbocycles. The van der Waals surface area contributed by atoms with Crippen LogP contribution >= 0.6 is 11.6 Å². The average Bonchev–Trinajstić information content (AvgIpc) is 2.83. The van der Waals surface area contributed by atoms with Crippen molar-refractivity contribution in [3.05, 3.63) is 94.5 Å². The molecule has 0 saturated carbocycles. The molecule has 0 bridgehead atoms. The van der Waals surface area contributed by atoms with Gasteiger partial charge in [-0.25, -0.2) is 8.42 Å². The Balaban J connectivity index is 1.54. The van der Waals surface area contributed by atoms with Crippen LogP contribution < -0.4 is 10.1 Å². The first-order valence-corrected chi connectivity index (χ1v) is 12.0. The molecule has 0 aliphatic rings. The fourth-order valence-electron chi connectivity index (χ4n) is 2.99. The number of halogens is 1. The van der Waals surface area contributed by atoms with E-state index in [1.807, 2.05) is 54.6 Å². The lowest BCUT2D eigenvalue weighted by molar-refractivity contribution is -0.0258. The van der Waals surface area contributed by atoms with Crippen molar-refractivity contribution in [1.29, 1.82) is 0 Å². The Kier molecular flexibility index (Phi) is 8.46. The summed E-state index contributed by atoms with van der Waals surface area (Å²) in [6.07, 6.45) is 0.607. The fraction of sp³-hybridized carbons (Fsp3) is 0.208. The van der Waals surface area contributed by atoms with Crippen LogP contribution in [0.4, 0.5) is 0 Å². The summed E-state index contributed by atoms with van der Waals surface area (Å²) in [5.41, 5.74) is 2.31. The highest BCUT2D eigenvalue weighted by atomic mass is 35.5. The van der Waals surface area contributed by atoms with Crippen molar-refractivity contribution >= 4 is 27.5 Å². The lowest BCUT2D eigenvalue weighted by atomic mass is 10.1. The molecule has 9 heteroatoms. The van der Waals surface area contributed by atoms with Gasteiger partial charge in [-0.1, -0.05) is 58.5 Å². The van der Waals surface area contributed by atoms with Crippen molar-refractivity contribution < 1.29 is 22.8 Å². The van der Waals surface area contributed by atoms with Crippen molar-refractivity contribution in [1.82, 2.24) is 9.79 Å².